The Morgan fingerprint density at radius 3 is 2.96 bits per heavy atom. The van der Waals surface area contributed by atoms with Gasteiger partial charge in [0.25, 0.3) is 0 Å². The third-order valence-corrected chi connectivity index (χ3v) is 3.93. The third-order valence-electron chi connectivity index (χ3n) is 3.93. The topological polar surface area (TPSA) is 68.0 Å². The van der Waals surface area contributed by atoms with Gasteiger partial charge in [0.05, 0.1) is 17.6 Å². The molecular weight excluding hydrogens is 302 g/mol. The molecule has 0 spiro atoms. The number of aromatic nitrogens is 2. The van der Waals surface area contributed by atoms with Crippen molar-refractivity contribution < 1.29 is 9.32 Å². The van der Waals surface area contributed by atoms with Gasteiger partial charge in [-0.25, -0.2) is 0 Å². The van der Waals surface area contributed by atoms with Crippen LogP contribution in [0.2, 0.25) is 0 Å². The van der Waals surface area contributed by atoms with Crippen LogP contribution in [0, 0.1) is 6.92 Å². The van der Waals surface area contributed by atoms with Crippen molar-refractivity contribution in [1.82, 2.24) is 10.1 Å². The van der Waals surface area contributed by atoms with Crippen LogP contribution in [0.15, 0.2) is 59.3 Å². The maximum absolute atomic E-state index is 12.4. The first-order valence-corrected chi connectivity index (χ1v) is 7.69. The molecule has 2 aromatic heterocycles. The van der Waals surface area contributed by atoms with E-state index < -0.39 is 0 Å². The van der Waals surface area contributed by atoms with Crippen molar-refractivity contribution in [1.29, 1.82) is 0 Å². The molecule has 2 heterocycles. The third kappa shape index (κ3) is 2.60. The second-order valence-corrected chi connectivity index (χ2v) is 5.73. The number of pyridine rings is 1. The maximum Gasteiger partial charge on any atom is 0.230 e. The monoisotopic (exact) mass is 317 g/mol. The van der Waals surface area contributed by atoms with E-state index in [4.69, 9.17) is 4.52 Å². The van der Waals surface area contributed by atoms with Crippen LogP contribution in [0.5, 0.6) is 0 Å². The number of anilines is 1. The minimum absolute atomic E-state index is 0.148. The lowest BCUT2D eigenvalue weighted by Crippen LogP contribution is -2.15. The zero-order chi connectivity index (χ0) is 16.5. The number of rotatable bonds is 3. The standard InChI is InChI=1S/C19H15N3O2/c1-12-7-8-17-14(10-12)16(22-24-17)11-18(23)21-15-6-2-4-13-5-3-9-20-19(13)15/h2-10H,11H2,1H3,(H,21,23). The van der Waals surface area contributed by atoms with Gasteiger partial charge in [0.2, 0.25) is 5.91 Å². The highest BCUT2D eigenvalue weighted by molar-refractivity contribution is 6.01. The Balaban J connectivity index is 1.61. The molecule has 4 rings (SSSR count). The van der Waals surface area contributed by atoms with Gasteiger partial charge in [-0.15, -0.1) is 0 Å². The Bertz CT molecular complexity index is 1050. The zero-order valence-electron chi connectivity index (χ0n) is 13.1. The molecule has 0 saturated heterocycles. The molecule has 0 aliphatic carbocycles. The predicted octanol–water partition coefficient (Wildman–Crippen LogP) is 3.87. The first-order valence-electron chi connectivity index (χ1n) is 7.69. The summed E-state index contributed by atoms with van der Waals surface area (Å²) in [7, 11) is 0. The number of hydrogen-bond donors (Lipinski definition) is 1. The molecule has 5 heteroatoms. The minimum Gasteiger partial charge on any atom is -0.356 e. The lowest BCUT2D eigenvalue weighted by molar-refractivity contribution is -0.115. The summed E-state index contributed by atoms with van der Waals surface area (Å²) in [6.45, 7) is 2.00. The van der Waals surface area contributed by atoms with Crippen LogP contribution in [-0.4, -0.2) is 16.0 Å². The summed E-state index contributed by atoms with van der Waals surface area (Å²) in [5.74, 6) is -0.148. The highest BCUT2D eigenvalue weighted by Gasteiger charge is 2.13. The van der Waals surface area contributed by atoms with Gasteiger partial charge in [0, 0.05) is 17.0 Å². The number of carbonyl (C=O) groups is 1. The number of nitrogens with zero attached hydrogens (tertiary/aromatic N) is 2. The maximum atomic E-state index is 12.4. The van der Waals surface area contributed by atoms with E-state index in [9.17, 15) is 4.79 Å². The van der Waals surface area contributed by atoms with Crippen LogP contribution in [0.25, 0.3) is 21.9 Å². The molecule has 0 atom stereocenters. The molecular formula is C19H15N3O2. The molecule has 24 heavy (non-hydrogen) atoms. The number of nitrogens with one attached hydrogen (secondary N) is 1. The molecule has 5 nitrogen and oxygen atoms in total. The molecule has 1 N–H and O–H groups in total. The van der Waals surface area contributed by atoms with Crippen LogP contribution in [0.3, 0.4) is 0 Å². The average Bonchev–Trinajstić information content (AvgIpc) is 2.97. The molecule has 0 bridgehead atoms. The highest BCUT2D eigenvalue weighted by atomic mass is 16.5. The fourth-order valence-electron chi connectivity index (χ4n) is 2.78. The Morgan fingerprint density at radius 1 is 1.17 bits per heavy atom. The summed E-state index contributed by atoms with van der Waals surface area (Å²) >= 11 is 0. The normalized spacial score (nSPS) is 11.0. The van der Waals surface area contributed by atoms with Gasteiger partial charge in [-0.3, -0.25) is 9.78 Å². The Morgan fingerprint density at radius 2 is 2.04 bits per heavy atom. The van der Waals surface area contributed by atoms with E-state index in [1.165, 1.54) is 0 Å². The molecule has 2 aromatic carbocycles. The van der Waals surface area contributed by atoms with Gasteiger partial charge >= 0.3 is 0 Å². The first-order chi connectivity index (χ1) is 11.7. The van der Waals surface area contributed by atoms with Crippen molar-refractivity contribution in [3.05, 3.63) is 66.0 Å². The van der Waals surface area contributed by atoms with E-state index >= 15 is 0 Å². The van der Waals surface area contributed by atoms with Gasteiger partial charge in [-0.05, 0) is 31.2 Å². The van der Waals surface area contributed by atoms with E-state index in [-0.39, 0.29) is 12.3 Å². The largest absolute Gasteiger partial charge is 0.356 e. The molecule has 0 radical (unpaired) electrons. The summed E-state index contributed by atoms with van der Waals surface area (Å²) in [5.41, 5.74) is 3.90. The average molecular weight is 317 g/mol. The molecule has 0 aliphatic heterocycles. The summed E-state index contributed by atoms with van der Waals surface area (Å²) in [6.07, 6.45) is 1.87. The first kappa shape index (κ1) is 14.4. The van der Waals surface area contributed by atoms with Crippen molar-refractivity contribution in [2.75, 3.05) is 5.32 Å². The lowest BCUT2D eigenvalue weighted by Gasteiger charge is -2.07. The second-order valence-electron chi connectivity index (χ2n) is 5.73. The molecule has 0 aliphatic rings. The lowest BCUT2D eigenvalue weighted by atomic mass is 10.1. The van der Waals surface area contributed by atoms with Crippen molar-refractivity contribution >= 4 is 33.5 Å². The second kappa shape index (κ2) is 5.77. The molecule has 0 saturated carbocycles. The Hall–Kier alpha value is -3.21. The number of hydrogen-bond acceptors (Lipinski definition) is 4. The van der Waals surface area contributed by atoms with Crippen molar-refractivity contribution in [2.24, 2.45) is 0 Å². The number of carbonyl (C=O) groups excluding carboxylic acids is 1. The van der Waals surface area contributed by atoms with E-state index in [0.29, 0.717) is 17.0 Å². The predicted molar refractivity (Wildman–Crippen MR) is 92.8 cm³/mol. The van der Waals surface area contributed by atoms with Gasteiger partial charge in [-0.2, -0.15) is 0 Å². The fourth-order valence-corrected chi connectivity index (χ4v) is 2.78. The number of aryl methyl sites for hydroxylation is 1. The number of amides is 1. The van der Waals surface area contributed by atoms with E-state index in [1.54, 1.807) is 6.20 Å². The Kier molecular flexibility index (Phi) is 3.46. The van der Waals surface area contributed by atoms with E-state index in [1.807, 2.05) is 55.5 Å². The summed E-state index contributed by atoms with van der Waals surface area (Å²) in [6, 6.07) is 15.4. The van der Waals surface area contributed by atoms with Crippen LogP contribution in [0.4, 0.5) is 5.69 Å². The highest BCUT2D eigenvalue weighted by Crippen LogP contribution is 2.23. The number of para-hydroxylation sites is 1. The van der Waals surface area contributed by atoms with E-state index in [2.05, 4.69) is 15.5 Å². The molecule has 0 unspecified atom stereocenters. The van der Waals surface area contributed by atoms with Crippen molar-refractivity contribution in [3.8, 4) is 0 Å². The molecule has 1 amide bonds. The summed E-state index contributed by atoms with van der Waals surface area (Å²) in [4.78, 5) is 16.8. The molecule has 4 aromatic rings. The van der Waals surface area contributed by atoms with Crippen molar-refractivity contribution in [2.45, 2.75) is 13.3 Å². The fraction of sp³-hybridized carbons (Fsp3) is 0.105. The zero-order valence-corrected chi connectivity index (χ0v) is 13.1. The molecule has 0 fully saturated rings. The minimum atomic E-state index is -0.148. The van der Waals surface area contributed by atoms with Gasteiger partial charge in [0.1, 0.15) is 5.69 Å². The smallest absolute Gasteiger partial charge is 0.230 e. The van der Waals surface area contributed by atoms with Crippen LogP contribution >= 0.6 is 0 Å². The number of benzene rings is 2. The van der Waals surface area contributed by atoms with Gasteiger partial charge in [0.15, 0.2) is 5.58 Å². The van der Waals surface area contributed by atoms with Crippen molar-refractivity contribution in [3.63, 3.8) is 0 Å². The van der Waals surface area contributed by atoms with Gasteiger partial charge < -0.3 is 9.84 Å². The van der Waals surface area contributed by atoms with Crippen LogP contribution < -0.4 is 5.32 Å². The Labute approximate surface area is 138 Å². The summed E-state index contributed by atoms with van der Waals surface area (Å²) < 4.78 is 5.28. The summed E-state index contributed by atoms with van der Waals surface area (Å²) in [5, 5.41) is 8.81. The molecule has 118 valence electrons. The van der Waals surface area contributed by atoms with Gasteiger partial charge in [-0.1, -0.05) is 35.0 Å². The quantitative estimate of drug-likeness (QED) is 0.623. The SMILES string of the molecule is Cc1ccc2onc(CC(=O)Nc3cccc4cccnc34)c2c1. The van der Waals surface area contributed by atoms with Crippen LogP contribution in [-0.2, 0) is 11.2 Å². The number of fused-ring (bicyclic) bond motifs is 2. The van der Waals surface area contributed by atoms with E-state index in [0.717, 1.165) is 21.9 Å². The van der Waals surface area contributed by atoms with Crippen LogP contribution in [0.1, 0.15) is 11.3 Å².